The van der Waals surface area contributed by atoms with Crippen molar-refractivity contribution in [1.82, 2.24) is 5.32 Å². The van der Waals surface area contributed by atoms with Crippen LogP contribution in [0.25, 0.3) is 5.57 Å². The van der Waals surface area contributed by atoms with E-state index in [4.69, 9.17) is 4.74 Å². The number of rotatable bonds is 2. The second kappa shape index (κ2) is 4.45. The van der Waals surface area contributed by atoms with Gasteiger partial charge in [0.2, 0.25) is 0 Å². The Balaban J connectivity index is 2.39. The van der Waals surface area contributed by atoms with Crippen LogP contribution in [0.15, 0.2) is 24.3 Å². The minimum absolute atomic E-state index is 0.256. The van der Waals surface area contributed by atoms with Crippen molar-refractivity contribution >= 4 is 5.57 Å². The highest BCUT2D eigenvalue weighted by Crippen LogP contribution is 2.27. The van der Waals surface area contributed by atoms with E-state index in [9.17, 15) is 4.39 Å². The zero-order valence-corrected chi connectivity index (χ0v) is 8.72. The zero-order chi connectivity index (χ0) is 10.7. The van der Waals surface area contributed by atoms with E-state index in [0.717, 1.165) is 25.1 Å². The highest BCUT2D eigenvalue weighted by Gasteiger charge is 2.13. The monoisotopic (exact) mass is 207 g/mol. The highest BCUT2D eigenvalue weighted by atomic mass is 19.1. The van der Waals surface area contributed by atoms with Crippen molar-refractivity contribution in [3.63, 3.8) is 0 Å². The van der Waals surface area contributed by atoms with Crippen LogP contribution in [-0.2, 0) is 0 Å². The summed E-state index contributed by atoms with van der Waals surface area (Å²) in [5.74, 6) is 0.0556. The Hall–Kier alpha value is -1.35. The van der Waals surface area contributed by atoms with E-state index in [0.29, 0.717) is 11.3 Å². The maximum absolute atomic E-state index is 13.9. The Labute approximate surface area is 88.8 Å². The second-order valence-electron chi connectivity index (χ2n) is 3.51. The predicted octanol–water partition coefficient (Wildman–Crippen LogP) is 2.21. The first-order valence-corrected chi connectivity index (χ1v) is 5.05. The minimum Gasteiger partial charge on any atom is -0.494 e. The largest absolute Gasteiger partial charge is 0.494 e. The Morgan fingerprint density at radius 3 is 2.93 bits per heavy atom. The van der Waals surface area contributed by atoms with E-state index in [1.165, 1.54) is 7.11 Å². The molecule has 0 atom stereocenters. The van der Waals surface area contributed by atoms with Gasteiger partial charge in [0, 0.05) is 12.1 Å². The Kier molecular flexibility index (Phi) is 3.02. The van der Waals surface area contributed by atoms with Crippen molar-refractivity contribution in [2.45, 2.75) is 6.42 Å². The molecule has 0 aromatic heterocycles. The smallest absolute Gasteiger partial charge is 0.172 e. The first-order chi connectivity index (χ1) is 7.33. The van der Waals surface area contributed by atoms with Crippen LogP contribution >= 0.6 is 0 Å². The molecule has 3 heteroatoms. The molecule has 1 heterocycles. The molecule has 0 saturated carbocycles. The Bertz CT molecular complexity index is 387. The fourth-order valence-electron chi connectivity index (χ4n) is 1.78. The number of ether oxygens (including phenoxy) is 1. The fourth-order valence-corrected chi connectivity index (χ4v) is 1.78. The highest BCUT2D eigenvalue weighted by molar-refractivity contribution is 5.68. The fraction of sp³-hybridized carbons (Fsp3) is 0.333. The molecule has 1 aromatic rings. The average molecular weight is 207 g/mol. The number of nitrogens with one attached hydrogen (secondary N) is 1. The Morgan fingerprint density at radius 2 is 2.27 bits per heavy atom. The van der Waals surface area contributed by atoms with Gasteiger partial charge in [-0.05, 0) is 24.6 Å². The van der Waals surface area contributed by atoms with Crippen LogP contribution in [0.4, 0.5) is 4.39 Å². The van der Waals surface area contributed by atoms with E-state index in [1.807, 2.05) is 12.1 Å². The van der Waals surface area contributed by atoms with Crippen LogP contribution in [-0.4, -0.2) is 20.2 Å². The molecule has 1 aliphatic heterocycles. The third kappa shape index (κ3) is 2.02. The van der Waals surface area contributed by atoms with Crippen molar-refractivity contribution in [2.75, 3.05) is 20.2 Å². The third-order valence-corrected chi connectivity index (χ3v) is 2.59. The van der Waals surface area contributed by atoms with Crippen molar-refractivity contribution in [2.24, 2.45) is 0 Å². The number of methoxy groups -OCH3 is 1. The van der Waals surface area contributed by atoms with E-state index in [2.05, 4.69) is 5.32 Å². The Morgan fingerprint density at radius 1 is 1.40 bits per heavy atom. The summed E-state index contributed by atoms with van der Waals surface area (Å²) in [6.45, 7) is 1.72. The molecular weight excluding hydrogens is 193 g/mol. The van der Waals surface area contributed by atoms with Crippen LogP contribution in [0.3, 0.4) is 0 Å². The number of benzene rings is 1. The molecule has 0 bridgehead atoms. The number of hydrogen-bond acceptors (Lipinski definition) is 2. The summed E-state index contributed by atoms with van der Waals surface area (Å²) >= 11 is 0. The molecule has 2 rings (SSSR count). The maximum atomic E-state index is 13.9. The lowest BCUT2D eigenvalue weighted by Gasteiger charge is -2.15. The maximum Gasteiger partial charge on any atom is 0.172 e. The van der Waals surface area contributed by atoms with Crippen molar-refractivity contribution in [3.05, 3.63) is 35.7 Å². The summed E-state index contributed by atoms with van der Waals surface area (Å²) in [5.41, 5.74) is 1.72. The molecule has 15 heavy (non-hydrogen) atoms. The third-order valence-electron chi connectivity index (χ3n) is 2.59. The predicted molar refractivity (Wildman–Crippen MR) is 58.4 cm³/mol. The van der Waals surface area contributed by atoms with Gasteiger partial charge < -0.3 is 10.1 Å². The summed E-state index contributed by atoms with van der Waals surface area (Å²) in [7, 11) is 1.49. The summed E-state index contributed by atoms with van der Waals surface area (Å²) in [6.07, 6.45) is 2.89. The molecule has 1 aliphatic rings. The molecule has 0 unspecified atom stereocenters. The van der Waals surface area contributed by atoms with Gasteiger partial charge in [-0.25, -0.2) is 4.39 Å². The molecule has 2 nitrogen and oxygen atoms in total. The van der Waals surface area contributed by atoms with E-state index < -0.39 is 0 Å². The molecular formula is C12H14FNO. The standard InChI is InChI=1S/C12H14FNO/c1-15-11-4-2-3-10(12(11)13)9-5-7-14-8-6-9/h2-5,14H,6-8H2,1H3. The SMILES string of the molecule is COc1cccc(C2=CCNCC2)c1F. The average Bonchev–Trinajstić information content (AvgIpc) is 2.30. The van der Waals surface area contributed by atoms with Gasteiger partial charge >= 0.3 is 0 Å². The van der Waals surface area contributed by atoms with Gasteiger partial charge in [0.25, 0.3) is 0 Å². The lowest BCUT2D eigenvalue weighted by molar-refractivity contribution is 0.386. The second-order valence-corrected chi connectivity index (χ2v) is 3.51. The van der Waals surface area contributed by atoms with Crippen LogP contribution in [0.5, 0.6) is 5.75 Å². The molecule has 0 spiro atoms. The van der Waals surface area contributed by atoms with Crippen molar-refractivity contribution in [3.8, 4) is 5.75 Å². The molecule has 0 aliphatic carbocycles. The van der Waals surface area contributed by atoms with E-state index >= 15 is 0 Å². The molecule has 1 aromatic carbocycles. The first kappa shape index (κ1) is 10.2. The summed E-state index contributed by atoms with van der Waals surface area (Å²) in [6, 6.07) is 5.26. The van der Waals surface area contributed by atoms with E-state index in [1.54, 1.807) is 12.1 Å². The lowest BCUT2D eigenvalue weighted by Crippen LogP contribution is -2.20. The molecule has 0 saturated heterocycles. The molecule has 0 fully saturated rings. The first-order valence-electron chi connectivity index (χ1n) is 5.05. The molecule has 80 valence electrons. The zero-order valence-electron chi connectivity index (χ0n) is 8.72. The van der Waals surface area contributed by atoms with Crippen LogP contribution in [0.2, 0.25) is 0 Å². The van der Waals surface area contributed by atoms with Gasteiger partial charge in [0.1, 0.15) is 0 Å². The van der Waals surface area contributed by atoms with Gasteiger partial charge in [0.05, 0.1) is 7.11 Å². The van der Waals surface area contributed by atoms with Crippen molar-refractivity contribution < 1.29 is 9.13 Å². The summed E-state index contributed by atoms with van der Waals surface area (Å²) in [5, 5.41) is 3.20. The summed E-state index contributed by atoms with van der Waals surface area (Å²) in [4.78, 5) is 0. The normalized spacial score (nSPS) is 16.0. The van der Waals surface area contributed by atoms with Crippen LogP contribution in [0.1, 0.15) is 12.0 Å². The lowest BCUT2D eigenvalue weighted by atomic mass is 9.99. The van der Waals surface area contributed by atoms with Gasteiger partial charge in [-0.15, -0.1) is 0 Å². The molecule has 0 amide bonds. The van der Waals surface area contributed by atoms with Crippen molar-refractivity contribution in [1.29, 1.82) is 0 Å². The van der Waals surface area contributed by atoms with Gasteiger partial charge in [-0.3, -0.25) is 0 Å². The quantitative estimate of drug-likeness (QED) is 0.802. The van der Waals surface area contributed by atoms with Gasteiger partial charge in [0.15, 0.2) is 11.6 Å². The summed E-state index contributed by atoms with van der Waals surface area (Å²) < 4.78 is 18.8. The molecule has 0 radical (unpaired) electrons. The number of halogens is 1. The topological polar surface area (TPSA) is 21.3 Å². The minimum atomic E-state index is -0.256. The number of hydrogen-bond donors (Lipinski definition) is 1. The van der Waals surface area contributed by atoms with Gasteiger partial charge in [-0.2, -0.15) is 0 Å². The van der Waals surface area contributed by atoms with E-state index in [-0.39, 0.29) is 5.82 Å². The van der Waals surface area contributed by atoms with Gasteiger partial charge in [-0.1, -0.05) is 18.2 Å². The molecule has 1 N–H and O–H groups in total. The van der Waals surface area contributed by atoms with Crippen LogP contribution in [0, 0.1) is 5.82 Å². The van der Waals surface area contributed by atoms with Crippen LogP contribution < -0.4 is 10.1 Å².